The summed E-state index contributed by atoms with van der Waals surface area (Å²) in [7, 11) is 0. The molecule has 1 aliphatic carbocycles. The molecule has 102 valence electrons. The maximum absolute atomic E-state index is 6.22. The van der Waals surface area contributed by atoms with Crippen molar-refractivity contribution in [1.82, 2.24) is 9.97 Å². The zero-order valence-corrected chi connectivity index (χ0v) is 13.2. The number of fused-ring (bicyclic) bond motifs is 3. The van der Waals surface area contributed by atoms with Gasteiger partial charge in [0.1, 0.15) is 5.15 Å². The average Bonchev–Trinajstić information content (AvgIpc) is 2.53. The highest BCUT2D eigenvalue weighted by molar-refractivity contribution is 6.36. The molecule has 1 aliphatic rings. The second-order valence-corrected chi connectivity index (χ2v) is 7.78. The molecule has 19 heavy (non-hydrogen) atoms. The summed E-state index contributed by atoms with van der Waals surface area (Å²) in [5, 5.41) is 2.05. The monoisotopic (exact) mass is 296 g/mol. The molecule has 2 aromatic rings. The fourth-order valence-corrected chi connectivity index (χ4v) is 4.38. The summed E-state index contributed by atoms with van der Waals surface area (Å²) in [4.78, 5) is 7.60. The van der Waals surface area contributed by atoms with E-state index in [0.717, 1.165) is 23.7 Å². The zero-order chi connectivity index (χ0) is 14.0. The van der Waals surface area contributed by atoms with E-state index in [1.807, 2.05) is 6.07 Å². The first kappa shape index (κ1) is 13.3. The van der Waals surface area contributed by atoms with E-state index in [-0.39, 0.29) is 5.41 Å². The molecule has 0 bridgehead atoms. The molecular formula is C15H18Cl2N2. The van der Waals surface area contributed by atoms with Crippen molar-refractivity contribution in [3.8, 4) is 0 Å². The molecule has 3 rings (SSSR count). The van der Waals surface area contributed by atoms with Crippen molar-refractivity contribution < 1.29 is 0 Å². The molecule has 0 saturated carbocycles. The predicted molar refractivity (Wildman–Crippen MR) is 81.2 cm³/mol. The smallest absolute Gasteiger partial charge is 0.154 e. The Morgan fingerprint density at radius 2 is 1.89 bits per heavy atom. The molecule has 0 radical (unpaired) electrons. The van der Waals surface area contributed by atoms with Gasteiger partial charge in [-0.25, -0.2) is 4.98 Å². The van der Waals surface area contributed by atoms with Gasteiger partial charge in [-0.2, -0.15) is 0 Å². The number of nitrogens with zero attached hydrogens (tertiary/aromatic N) is 1. The van der Waals surface area contributed by atoms with Crippen LogP contribution in [0.1, 0.15) is 45.4 Å². The molecule has 0 unspecified atom stereocenters. The summed E-state index contributed by atoms with van der Waals surface area (Å²) in [5.74, 6) is 0. The van der Waals surface area contributed by atoms with Crippen LogP contribution >= 0.6 is 23.2 Å². The van der Waals surface area contributed by atoms with Crippen molar-refractivity contribution in [2.45, 2.75) is 46.0 Å². The van der Waals surface area contributed by atoms with Gasteiger partial charge in [-0.05, 0) is 35.3 Å². The lowest BCUT2D eigenvalue weighted by molar-refractivity contribution is 0.231. The Labute approximate surface area is 123 Å². The Morgan fingerprint density at radius 1 is 1.21 bits per heavy atom. The van der Waals surface area contributed by atoms with Gasteiger partial charge in [0.15, 0.2) is 5.15 Å². The number of H-pyrrole nitrogens is 1. The van der Waals surface area contributed by atoms with E-state index in [9.17, 15) is 0 Å². The summed E-state index contributed by atoms with van der Waals surface area (Å²) in [5.41, 5.74) is 3.96. The van der Waals surface area contributed by atoms with Crippen LogP contribution in [0.5, 0.6) is 0 Å². The van der Waals surface area contributed by atoms with E-state index in [4.69, 9.17) is 23.2 Å². The van der Waals surface area contributed by atoms with Crippen molar-refractivity contribution in [3.63, 3.8) is 0 Å². The second-order valence-electron chi connectivity index (χ2n) is 7.04. The van der Waals surface area contributed by atoms with Gasteiger partial charge in [-0.15, -0.1) is 0 Å². The minimum Gasteiger partial charge on any atom is -0.356 e. The van der Waals surface area contributed by atoms with Crippen molar-refractivity contribution in [2.24, 2.45) is 5.41 Å². The van der Waals surface area contributed by atoms with E-state index >= 15 is 0 Å². The molecule has 0 fully saturated rings. The van der Waals surface area contributed by atoms with E-state index in [1.165, 1.54) is 11.3 Å². The first-order valence-corrected chi connectivity index (χ1v) is 7.32. The molecule has 0 amide bonds. The molecule has 2 heterocycles. The topological polar surface area (TPSA) is 28.7 Å². The highest BCUT2D eigenvalue weighted by Gasteiger charge is 2.40. The summed E-state index contributed by atoms with van der Waals surface area (Å²) in [6.45, 7) is 9.22. The Kier molecular flexibility index (Phi) is 2.72. The molecule has 0 atom stereocenters. The van der Waals surface area contributed by atoms with Crippen molar-refractivity contribution >= 4 is 34.1 Å². The largest absolute Gasteiger partial charge is 0.356 e. The van der Waals surface area contributed by atoms with Gasteiger partial charge < -0.3 is 4.98 Å². The summed E-state index contributed by atoms with van der Waals surface area (Å²) >= 11 is 12.3. The standard InChI is InChI=1S/C15H18Cl2N2/c1-14(2)6-9-11(15(3,4)7-14)8-5-10(16)19-13(17)12(8)18-9/h5,18H,6-7H2,1-4H3. The number of nitrogens with one attached hydrogen (secondary N) is 1. The fraction of sp³-hybridized carbons (Fsp3) is 0.533. The number of hydrogen-bond donors (Lipinski definition) is 1. The van der Waals surface area contributed by atoms with Gasteiger partial charge in [0.05, 0.1) is 5.52 Å². The van der Waals surface area contributed by atoms with E-state index in [2.05, 4.69) is 37.7 Å². The lowest BCUT2D eigenvalue weighted by Crippen LogP contribution is -2.34. The summed E-state index contributed by atoms with van der Waals surface area (Å²) in [6.07, 6.45) is 2.19. The highest BCUT2D eigenvalue weighted by Crippen LogP contribution is 2.48. The number of halogens is 2. The van der Waals surface area contributed by atoms with Crippen LogP contribution < -0.4 is 0 Å². The van der Waals surface area contributed by atoms with Gasteiger partial charge in [-0.1, -0.05) is 50.9 Å². The molecule has 0 aliphatic heterocycles. The summed E-state index contributed by atoms with van der Waals surface area (Å²) in [6, 6.07) is 1.93. The summed E-state index contributed by atoms with van der Waals surface area (Å²) < 4.78 is 0. The third-order valence-corrected chi connectivity index (χ3v) is 4.51. The van der Waals surface area contributed by atoms with E-state index in [1.54, 1.807) is 0 Å². The van der Waals surface area contributed by atoms with Crippen molar-refractivity contribution in [1.29, 1.82) is 0 Å². The second kappa shape index (κ2) is 3.89. The Hall–Kier alpha value is -0.730. The maximum Gasteiger partial charge on any atom is 0.154 e. The van der Waals surface area contributed by atoms with Gasteiger partial charge in [0.25, 0.3) is 0 Å². The molecule has 2 nitrogen and oxygen atoms in total. The van der Waals surface area contributed by atoms with Crippen LogP contribution in [-0.4, -0.2) is 9.97 Å². The molecule has 2 aromatic heterocycles. The lowest BCUT2D eigenvalue weighted by atomic mass is 9.64. The molecule has 4 heteroatoms. The van der Waals surface area contributed by atoms with Crippen LogP contribution in [0.15, 0.2) is 6.07 Å². The van der Waals surface area contributed by atoms with Gasteiger partial charge in [-0.3, -0.25) is 0 Å². The first-order chi connectivity index (χ1) is 8.70. The zero-order valence-electron chi connectivity index (χ0n) is 11.7. The fourth-order valence-electron chi connectivity index (χ4n) is 3.91. The van der Waals surface area contributed by atoms with E-state index < -0.39 is 0 Å². The van der Waals surface area contributed by atoms with Gasteiger partial charge in [0.2, 0.25) is 0 Å². The molecule has 1 N–H and O–H groups in total. The van der Waals surface area contributed by atoms with Crippen molar-refractivity contribution in [3.05, 3.63) is 27.6 Å². The first-order valence-electron chi connectivity index (χ1n) is 6.57. The van der Waals surface area contributed by atoms with Gasteiger partial charge >= 0.3 is 0 Å². The van der Waals surface area contributed by atoms with Crippen LogP contribution in [0.2, 0.25) is 10.3 Å². The SMILES string of the molecule is CC1(C)Cc2[nH]c3c(Cl)nc(Cl)cc3c2C(C)(C)C1. The van der Waals surface area contributed by atoms with Crippen LogP contribution in [-0.2, 0) is 11.8 Å². The Morgan fingerprint density at radius 3 is 2.58 bits per heavy atom. The number of pyridine rings is 1. The number of aromatic amines is 1. The third kappa shape index (κ3) is 2.05. The molecular weight excluding hydrogens is 279 g/mol. The van der Waals surface area contributed by atoms with Gasteiger partial charge in [0, 0.05) is 11.1 Å². The molecule has 0 aromatic carbocycles. The maximum atomic E-state index is 6.22. The normalized spacial score (nSPS) is 20.5. The molecule has 0 spiro atoms. The number of hydrogen-bond acceptors (Lipinski definition) is 1. The quantitative estimate of drug-likeness (QED) is 0.672. The van der Waals surface area contributed by atoms with Crippen LogP contribution in [0.4, 0.5) is 0 Å². The minimum absolute atomic E-state index is 0.114. The van der Waals surface area contributed by atoms with Crippen LogP contribution in [0, 0.1) is 5.41 Å². The third-order valence-electron chi connectivity index (χ3n) is 4.04. The number of aromatic nitrogens is 2. The highest BCUT2D eigenvalue weighted by atomic mass is 35.5. The predicted octanol–water partition coefficient (Wildman–Crippen LogP) is 5.12. The van der Waals surface area contributed by atoms with Crippen LogP contribution in [0.25, 0.3) is 10.9 Å². The van der Waals surface area contributed by atoms with Crippen LogP contribution in [0.3, 0.4) is 0 Å². The Balaban J connectivity index is 2.36. The lowest BCUT2D eigenvalue weighted by Gasteiger charge is -2.40. The van der Waals surface area contributed by atoms with Crippen molar-refractivity contribution in [2.75, 3.05) is 0 Å². The Bertz CT molecular complexity index is 668. The van der Waals surface area contributed by atoms with E-state index in [0.29, 0.717) is 15.7 Å². The minimum atomic E-state index is 0.114. The average molecular weight is 297 g/mol. The number of rotatable bonds is 0. The molecule has 0 saturated heterocycles.